The number of carbonyl (C=O) groups excluding carboxylic acids is 1. The van der Waals surface area contributed by atoms with Crippen LogP contribution in [0.4, 0.5) is 32.0 Å². The van der Waals surface area contributed by atoms with Gasteiger partial charge in [0, 0.05) is 31.1 Å². The van der Waals surface area contributed by atoms with Crippen LogP contribution in [0.2, 0.25) is 0 Å². The maximum atomic E-state index is 13.6. The van der Waals surface area contributed by atoms with E-state index < -0.39 is 35.9 Å². The Morgan fingerprint density at radius 1 is 1.06 bits per heavy atom. The molecule has 3 heterocycles. The fourth-order valence-corrected chi connectivity index (χ4v) is 4.56. The van der Waals surface area contributed by atoms with Gasteiger partial charge >= 0.3 is 12.4 Å². The SMILES string of the molecule is O=C1CC2=C(C(C3CCN(c4ccc(C(F)(F)F)nc4)CC3)=NC2)[C@@H](C(F)(F)F)[C@H]1O. The van der Waals surface area contributed by atoms with Crippen molar-refractivity contribution in [3.8, 4) is 0 Å². The number of aromatic nitrogens is 1. The smallest absolute Gasteiger partial charge is 0.384 e. The summed E-state index contributed by atoms with van der Waals surface area (Å²) in [5.41, 5.74) is 0.0892. The van der Waals surface area contributed by atoms with Gasteiger partial charge in [-0.2, -0.15) is 26.3 Å². The lowest BCUT2D eigenvalue weighted by Gasteiger charge is -2.37. The number of carbonyl (C=O) groups is 1. The molecule has 0 unspecified atom stereocenters. The van der Waals surface area contributed by atoms with Gasteiger partial charge in [0.1, 0.15) is 17.7 Å². The Kier molecular flexibility index (Phi) is 5.35. The highest BCUT2D eigenvalue weighted by atomic mass is 19.4. The van der Waals surface area contributed by atoms with Gasteiger partial charge in [0.15, 0.2) is 5.78 Å². The van der Waals surface area contributed by atoms with Gasteiger partial charge in [-0.05, 0) is 36.1 Å². The van der Waals surface area contributed by atoms with E-state index in [1.165, 1.54) is 6.07 Å². The highest BCUT2D eigenvalue weighted by Crippen LogP contribution is 2.45. The van der Waals surface area contributed by atoms with Crippen molar-refractivity contribution in [1.29, 1.82) is 0 Å². The van der Waals surface area contributed by atoms with E-state index in [1.54, 1.807) is 0 Å². The molecule has 2 atom stereocenters. The molecule has 1 aromatic heterocycles. The summed E-state index contributed by atoms with van der Waals surface area (Å²) < 4.78 is 79.0. The molecule has 0 radical (unpaired) electrons. The van der Waals surface area contributed by atoms with Crippen LogP contribution in [0.15, 0.2) is 34.5 Å². The van der Waals surface area contributed by atoms with Crippen molar-refractivity contribution in [2.45, 2.75) is 37.7 Å². The average molecular weight is 447 g/mol. The van der Waals surface area contributed by atoms with E-state index in [4.69, 9.17) is 0 Å². The second-order valence-electron chi connectivity index (χ2n) is 7.99. The maximum Gasteiger partial charge on any atom is 0.433 e. The van der Waals surface area contributed by atoms with Crippen LogP contribution in [-0.2, 0) is 11.0 Å². The normalized spacial score (nSPS) is 25.7. The largest absolute Gasteiger partial charge is 0.433 e. The predicted molar refractivity (Wildman–Crippen MR) is 98.7 cm³/mol. The number of nitrogens with zero attached hydrogens (tertiary/aromatic N) is 3. The molecule has 0 bridgehead atoms. The molecule has 5 nitrogen and oxygen atoms in total. The van der Waals surface area contributed by atoms with Crippen LogP contribution in [0.5, 0.6) is 0 Å². The lowest BCUT2D eigenvalue weighted by molar-refractivity contribution is -0.190. The number of aliphatic imine (C=N–C) groups is 1. The monoisotopic (exact) mass is 447 g/mol. The fraction of sp³-hybridized carbons (Fsp3) is 0.550. The topological polar surface area (TPSA) is 65.8 Å². The first kappa shape index (κ1) is 21.8. The number of pyridine rings is 1. The van der Waals surface area contributed by atoms with E-state index >= 15 is 0 Å². The fourth-order valence-electron chi connectivity index (χ4n) is 4.56. The van der Waals surface area contributed by atoms with Crippen molar-refractivity contribution in [3.63, 3.8) is 0 Å². The van der Waals surface area contributed by atoms with Crippen LogP contribution < -0.4 is 4.90 Å². The minimum Gasteiger partial charge on any atom is -0.384 e. The lowest BCUT2D eigenvalue weighted by atomic mass is 9.74. The Hall–Kier alpha value is -2.43. The number of hydrogen-bond donors (Lipinski definition) is 1. The number of alkyl halides is 6. The Morgan fingerprint density at radius 3 is 2.29 bits per heavy atom. The van der Waals surface area contributed by atoms with Gasteiger partial charge in [-0.3, -0.25) is 9.79 Å². The molecular formula is C20H19F6N3O2. The zero-order valence-corrected chi connectivity index (χ0v) is 16.2. The summed E-state index contributed by atoms with van der Waals surface area (Å²) in [7, 11) is 0. The molecule has 1 aliphatic carbocycles. The number of aliphatic hydroxyl groups excluding tert-OH is 1. The Balaban J connectivity index is 1.48. The number of ketones is 1. The van der Waals surface area contributed by atoms with E-state index in [0.29, 0.717) is 42.9 Å². The minimum atomic E-state index is -4.77. The van der Waals surface area contributed by atoms with Crippen molar-refractivity contribution in [2.75, 3.05) is 24.5 Å². The summed E-state index contributed by atoms with van der Waals surface area (Å²) in [6.45, 7) is 0.855. The average Bonchev–Trinajstić information content (AvgIpc) is 3.10. The number of piperidine rings is 1. The van der Waals surface area contributed by atoms with Crippen LogP contribution in [0.3, 0.4) is 0 Å². The Morgan fingerprint density at radius 2 is 1.74 bits per heavy atom. The lowest BCUT2D eigenvalue weighted by Crippen LogP contribution is -2.46. The van der Waals surface area contributed by atoms with E-state index in [1.807, 2.05) is 4.90 Å². The summed E-state index contributed by atoms with van der Waals surface area (Å²) >= 11 is 0. The Bertz CT molecular complexity index is 928. The van der Waals surface area contributed by atoms with Gasteiger partial charge < -0.3 is 10.0 Å². The summed E-state index contributed by atoms with van der Waals surface area (Å²) in [5.74, 6) is -3.39. The zero-order valence-electron chi connectivity index (χ0n) is 16.2. The van der Waals surface area contributed by atoms with Crippen LogP contribution in [0.25, 0.3) is 0 Å². The van der Waals surface area contributed by atoms with Gasteiger partial charge in [-0.15, -0.1) is 0 Å². The first-order valence-corrected chi connectivity index (χ1v) is 9.79. The summed E-state index contributed by atoms with van der Waals surface area (Å²) in [6, 6.07) is 2.22. The molecule has 11 heteroatoms. The molecule has 0 saturated carbocycles. The second kappa shape index (κ2) is 7.61. The van der Waals surface area contributed by atoms with E-state index in [-0.39, 0.29) is 24.5 Å². The standard InChI is InChI=1S/C20H19F6N3O2/c21-19(22,23)14-2-1-12(9-27-14)29-5-3-10(4-6-29)17-15-11(8-28-17)7-13(30)18(31)16(15)20(24,25)26/h1-2,9-10,16,18,31H,3-8H2/t16-,18+/m1/s1. The van der Waals surface area contributed by atoms with Gasteiger partial charge in [0.05, 0.1) is 18.4 Å². The van der Waals surface area contributed by atoms with Crippen LogP contribution >= 0.6 is 0 Å². The van der Waals surface area contributed by atoms with Crippen LogP contribution in [-0.4, -0.2) is 53.5 Å². The third kappa shape index (κ3) is 4.07. The van der Waals surface area contributed by atoms with Gasteiger partial charge in [0.2, 0.25) is 0 Å². The van der Waals surface area contributed by atoms with Gasteiger partial charge in [-0.25, -0.2) is 4.98 Å². The molecule has 0 aromatic carbocycles. The molecule has 1 saturated heterocycles. The number of hydrogen-bond acceptors (Lipinski definition) is 5. The summed E-state index contributed by atoms with van der Waals surface area (Å²) in [4.78, 5) is 21.4. The Labute approximate surface area is 173 Å². The predicted octanol–water partition coefficient (Wildman–Crippen LogP) is 3.58. The molecular weight excluding hydrogens is 428 g/mol. The number of Topliss-reactive ketones (excluding diaryl/α,β-unsaturated/α-hetero) is 1. The second-order valence-corrected chi connectivity index (χ2v) is 7.99. The highest BCUT2D eigenvalue weighted by molar-refractivity contribution is 6.08. The van der Waals surface area contributed by atoms with E-state index in [9.17, 15) is 36.2 Å². The van der Waals surface area contributed by atoms with Crippen molar-refractivity contribution in [2.24, 2.45) is 16.8 Å². The molecule has 0 spiro atoms. The minimum absolute atomic E-state index is 0.0265. The van der Waals surface area contributed by atoms with Crippen LogP contribution in [0, 0.1) is 11.8 Å². The number of anilines is 1. The van der Waals surface area contributed by atoms with Crippen molar-refractivity contribution in [3.05, 3.63) is 35.2 Å². The molecule has 1 aromatic rings. The van der Waals surface area contributed by atoms with E-state index in [0.717, 1.165) is 12.3 Å². The number of aliphatic hydroxyl groups is 1. The molecule has 168 valence electrons. The molecule has 3 aliphatic rings. The van der Waals surface area contributed by atoms with Crippen molar-refractivity contribution >= 4 is 17.2 Å². The number of halogens is 6. The number of rotatable bonds is 2. The zero-order chi connectivity index (χ0) is 22.6. The van der Waals surface area contributed by atoms with Crippen molar-refractivity contribution < 1.29 is 36.2 Å². The maximum absolute atomic E-state index is 13.6. The van der Waals surface area contributed by atoms with Gasteiger partial charge in [-0.1, -0.05) is 0 Å². The molecule has 1 fully saturated rings. The van der Waals surface area contributed by atoms with E-state index in [2.05, 4.69) is 9.98 Å². The summed E-state index contributed by atoms with van der Waals surface area (Å²) in [6.07, 6.45) is -9.62. The molecule has 1 N–H and O–H groups in total. The van der Waals surface area contributed by atoms with Crippen LogP contribution in [0.1, 0.15) is 25.0 Å². The van der Waals surface area contributed by atoms with Crippen molar-refractivity contribution in [1.82, 2.24) is 4.98 Å². The summed E-state index contributed by atoms with van der Waals surface area (Å²) in [5, 5.41) is 9.95. The first-order valence-electron chi connectivity index (χ1n) is 9.79. The molecule has 31 heavy (non-hydrogen) atoms. The molecule has 4 rings (SSSR count). The molecule has 0 amide bonds. The highest BCUT2D eigenvalue weighted by Gasteiger charge is 2.54. The first-order chi connectivity index (χ1) is 14.5. The molecule has 2 aliphatic heterocycles. The third-order valence-electron chi connectivity index (χ3n) is 6.08. The third-order valence-corrected chi connectivity index (χ3v) is 6.08. The van der Waals surface area contributed by atoms with Gasteiger partial charge in [0.25, 0.3) is 0 Å². The quantitative estimate of drug-likeness (QED) is 0.704.